The van der Waals surface area contributed by atoms with Crippen LogP contribution < -0.4 is 19.5 Å². The third-order valence-corrected chi connectivity index (χ3v) is 5.00. The minimum Gasteiger partial charge on any atom is -0.494 e. The first kappa shape index (κ1) is 17.8. The monoisotopic (exact) mass is 405 g/mol. The van der Waals surface area contributed by atoms with Gasteiger partial charge in [0.05, 0.1) is 34.1 Å². The smallest absolute Gasteiger partial charge is 0.234 e. The van der Waals surface area contributed by atoms with Crippen molar-refractivity contribution in [2.75, 3.05) is 24.5 Å². The second kappa shape index (κ2) is 7.58. The molecule has 140 valence electrons. The Labute approximate surface area is 164 Å². The Balaban J connectivity index is 1.40. The summed E-state index contributed by atoms with van der Waals surface area (Å²) in [5.74, 6) is 1.89. The highest BCUT2D eigenvalue weighted by molar-refractivity contribution is 7.99. The number of halogens is 1. The van der Waals surface area contributed by atoms with Gasteiger partial charge < -0.3 is 24.5 Å². The maximum absolute atomic E-state index is 12.3. The topological polar surface area (TPSA) is 85.5 Å². The number of ether oxygens (including phenoxy) is 3. The van der Waals surface area contributed by atoms with Gasteiger partial charge in [0.1, 0.15) is 5.75 Å². The van der Waals surface area contributed by atoms with Crippen LogP contribution in [0, 0.1) is 0 Å². The number of anilines is 1. The van der Waals surface area contributed by atoms with Gasteiger partial charge in [0.15, 0.2) is 16.7 Å². The quantitative estimate of drug-likeness (QED) is 0.601. The van der Waals surface area contributed by atoms with Crippen LogP contribution in [-0.2, 0) is 4.79 Å². The first-order valence-corrected chi connectivity index (χ1v) is 9.63. The molecule has 3 aromatic rings. The molecule has 1 aromatic heterocycles. The minimum atomic E-state index is -0.198. The summed E-state index contributed by atoms with van der Waals surface area (Å²) in [6.07, 6.45) is 0. The van der Waals surface area contributed by atoms with Gasteiger partial charge in [-0.05, 0) is 19.1 Å². The van der Waals surface area contributed by atoms with Gasteiger partial charge in [0.25, 0.3) is 0 Å². The standard InChI is InChI=1S/C18H16ClN3O4S/c1-2-24-10-3-4-12-14(5-10)22-18(21-12)27-8-17(23)20-13-7-16-15(6-11(13)19)25-9-26-16/h3-7H,2,8-9H2,1H3,(H,20,23)(H,21,22). The second-order valence-corrected chi connectivity index (χ2v) is 7.05. The zero-order valence-electron chi connectivity index (χ0n) is 14.4. The molecule has 0 atom stereocenters. The van der Waals surface area contributed by atoms with Crippen molar-refractivity contribution in [3.8, 4) is 17.2 Å². The zero-order chi connectivity index (χ0) is 18.8. The third kappa shape index (κ3) is 3.91. The Morgan fingerprint density at radius 1 is 1.33 bits per heavy atom. The molecule has 9 heteroatoms. The van der Waals surface area contributed by atoms with E-state index in [4.69, 9.17) is 25.8 Å². The highest BCUT2D eigenvalue weighted by Gasteiger charge is 2.18. The first-order valence-electron chi connectivity index (χ1n) is 8.26. The van der Waals surface area contributed by atoms with Crippen molar-refractivity contribution in [2.45, 2.75) is 12.1 Å². The number of carbonyl (C=O) groups is 1. The van der Waals surface area contributed by atoms with E-state index in [1.807, 2.05) is 25.1 Å². The molecule has 0 spiro atoms. The Morgan fingerprint density at radius 3 is 2.96 bits per heavy atom. The maximum atomic E-state index is 12.3. The van der Waals surface area contributed by atoms with Crippen LogP contribution in [0.2, 0.25) is 5.02 Å². The van der Waals surface area contributed by atoms with Crippen LogP contribution in [0.4, 0.5) is 5.69 Å². The van der Waals surface area contributed by atoms with E-state index in [0.717, 1.165) is 16.8 Å². The number of nitrogens with zero attached hydrogens (tertiary/aromatic N) is 1. The van der Waals surface area contributed by atoms with E-state index in [9.17, 15) is 4.79 Å². The number of rotatable bonds is 6. The van der Waals surface area contributed by atoms with Gasteiger partial charge in [-0.3, -0.25) is 4.79 Å². The molecule has 2 aromatic carbocycles. The summed E-state index contributed by atoms with van der Waals surface area (Å²) in [7, 11) is 0. The molecular formula is C18H16ClN3O4S. The number of imidazole rings is 1. The maximum Gasteiger partial charge on any atom is 0.234 e. The summed E-state index contributed by atoms with van der Waals surface area (Å²) in [5, 5.41) is 3.83. The number of hydrogen-bond acceptors (Lipinski definition) is 6. The molecular weight excluding hydrogens is 390 g/mol. The fourth-order valence-corrected chi connectivity index (χ4v) is 3.51. The van der Waals surface area contributed by atoms with Crippen molar-refractivity contribution in [1.29, 1.82) is 0 Å². The van der Waals surface area contributed by atoms with Crippen molar-refractivity contribution >= 4 is 46.0 Å². The number of carbonyl (C=O) groups excluding carboxylic acids is 1. The Morgan fingerprint density at radius 2 is 2.15 bits per heavy atom. The number of H-pyrrole nitrogens is 1. The fourth-order valence-electron chi connectivity index (χ4n) is 2.62. The first-order chi connectivity index (χ1) is 13.1. The molecule has 1 amide bonds. The number of fused-ring (bicyclic) bond motifs is 2. The Hall–Kier alpha value is -2.58. The Kier molecular flexibility index (Phi) is 5.00. The van der Waals surface area contributed by atoms with Gasteiger partial charge in [0.2, 0.25) is 12.7 Å². The molecule has 27 heavy (non-hydrogen) atoms. The van der Waals surface area contributed by atoms with Gasteiger partial charge in [-0.15, -0.1) is 0 Å². The average Bonchev–Trinajstić information content (AvgIpc) is 3.26. The molecule has 0 saturated carbocycles. The molecule has 7 nitrogen and oxygen atoms in total. The number of aromatic amines is 1. The van der Waals surface area contributed by atoms with Crippen molar-refractivity contribution in [1.82, 2.24) is 9.97 Å². The SMILES string of the molecule is CCOc1ccc2nc(SCC(=O)Nc3cc4c(cc3Cl)OCO4)[nH]c2c1. The predicted molar refractivity (Wildman–Crippen MR) is 104 cm³/mol. The predicted octanol–water partition coefficient (Wildman–Crippen LogP) is 4.07. The van der Waals surface area contributed by atoms with Crippen LogP contribution in [0.3, 0.4) is 0 Å². The number of aromatic nitrogens is 2. The lowest BCUT2D eigenvalue weighted by Gasteiger charge is -2.07. The molecule has 1 aliphatic rings. The van der Waals surface area contributed by atoms with Gasteiger partial charge in [-0.2, -0.15) is 0 Å². The van der Waals surface area contributed by atoms with Gasteiger partial charge in [-0.25, -0.2) is 4.98 Å². The van der Waals surface area contributed by atoms with E-state index >= 15 is 0 Å². The lowest BCUT2D eigenvalue weighted by Crippen LogP contribution is -2.14. The van der Waals surface area contributed by atoms with Crippen molar-refractivity contribution in [3.05, 3.63) is 35.4 Å². The molecule has 0 aliphatic carbocycles. The number of hydrogen-bond donors (Lipinski definition) is 2. The molecule has 0 bridgehead atoms. The molecule has 2 heterocycles. The van der Waals surface area contributed by atoms with Crippen LogP contribution >= 0.6 is 23.4 Å². The summed E-state index contributed by atoms with van der Waals surface area (Å²) >= 11 is 7.48. The second-order valence-electron chi connectivity index (χ2n) is 5.68. The van der Waals surface area contributed by atoms with Crippen LogP contribution in [0.1, 0.15) is 6.92 Å². The minimum absolute atomic E-state index is 0.149. The number of amides is 1. The van der Waals surface area contributed by atoms with E-state index in [-0.39, 0.29) is 18.5 Å². The van der Waals surface area contributed by atoms with Crippen LogP contribution in [-0.4, -0.2) is 35.0 Å². The molecule has 4 rings (SSSR count). The molecule has 0 unspecified atom stereocenters. The van der Waals surface area contributed by atoms with Crippen molar-refractivity contribution in [3.63, 3.8) is 0 Å². The number of nitrogens with one attached hydrogen (secondary N) is 2. The van der Waals surface area contributed by atoms with Crippen LogP contribution in [0.25, 0.3) is 11.0 Å². The van der Waals surface area contributed by atoms with E-state index < -0.39 is 0 Å². The summed E-state index contributed by atoms with van der Waals surface area (Å²) < 4.78 is 16.0. The normalized spacial score (nSPS) is 12.4. The largest absolute Gasteiger partial charge is 0.494 e. The summed E-state index contributed by atoms with van der Waals surface area (Å²) in [4.78, 5) is 19.9. The third-order valence-electron chi connectivity index (χ3n) is 3.82. The van der Waals surface area contributed by atoms with Crippen LogP contribution in [0.15, 0.2) is 35.5 Å². The van der Waals surface area contributed by atoms with Gasteiger partial charge in [0, 0.05) is 18.2 Å². The molecule has 2 N–H and O–H groups in total. The van der Waals surface area contributed by atoms with E-state index in [1.54, 1.807) is 12.1 Å². The summed E-state index contributed by atoms with van der Waals surface area (Å²) in [6.45, 7) is 2.68. The van der Waals surface area contributed by atoms with Crippen molar-refractivity contribution < 1.29 is 19.0 Å². The highest BCUT2D eigenvalue weighted by atomic mass is 35.5. The summed E-state index contributed by atoms with van der Waals surface area (Å²) in [5.41, 5.74) is 2.17. The Bertz CT molecular complexity index is 1010. The lowest BCUT2D eigenvalue weighted by atomic mass is 10.2. The molecule has 0 saturated heterocycles. The number of thioether (sulfide) groups is 1. The zero-order valence-corrected chi connectivity index (χ0v) is 15.9. The molecule has 0 fully saturated rings. The van der Waals surface area contributed by atoms with Crippen molar-refractivity contribution in [2.24, 2.45) is 0 Å². The van der Waals surface area contributed by atoms with E-state index in [0.29, 0.717) is 34.0 Å². The summed E-state index contributed by atoms with van der Waals surface area (Å²) in [6, 6.07) is 8.93. The highest BCUT2D eigenvalue weighted by Crippen LogP contribution is 2.39. The van der Waals surface area contributed by atoms with Gasteiger partial charge >= 0.3 is 0 Å². The van der Waals surface area contributed by atoms with Crippen LogP contribution in [0.5, 0.6) is 17.2 Å². The van der Waals surface area contributed by atoms with E-state index in [2.05, 4.69) is 15.3 Å². The average molecular weight is 406 g/mol. The van der Waals surface area contributed by atoms with E-state index in [1.165, 1.54) is 11.8 Å². The number of benzene rings is 2. The molecule has 1 aliphatic heterocycles. The lowest BCUT2D eigenvalue weighted by molar-refractivity contribution is -0.113. The fraction of sp³-hybridized carbons (Fsp3) is 0.222. The molecule has 0 radical (unpaired) electrons. The van der Waals surface area contributed by atoms with Gasteiger partial charge in [-0.1, -0.05) is 23.4 Å².